The Morgan fingerprint density at radius 3 is 2.37 bits per heavy atom. The van der Waals surface area contributed by atoms with Gasteiger partial charge in [-0.15, -0.1) is 0 Å². The second-order valence-corrected chi connectivity index (χ2v) is 6.36. The first-order valence-corrected chi connectivity index (χ1v) is 7.34. The molecule has 19 heavy (non-hydrogen) atoms. The first-order valence-electron chi connectivity index (χ1n) is 5.52. The Kier molecular flexibility index (Phi) is 3.68. The summed E-state index contributed by atoms with van der Waals surface area (Å²) in [6.07, 6.45) is 0. The maximum absolute atomic E-state index is 12.5. The summed E-state index contributed by atoms with van der Waals surface area (Å²) in [6, 6.07) is 13.2. The van der Waals surface area contributed by atoms with E-state index in [0.29, 0.717) is 10.7 Å². The third kappa shape index (κ3) is 2.67. The Balaban J connectivity index is 2.51. The number of nitrogen functional groups attached to an aromatic ring is 1. The SMILES string of the molecule is CN(c1ccccc1)S(=O)(=O)c1cc(Cl)ccc1N. The van der Waals surface area contributed by atoms with Gasteiger partial charge in [0.2, 0.25) is 0 Å². The highest BCUT2D eigenvalue weighted by atomic mass is 35.5. The summed E-state index contributed by atoms with van der Waals surface area (Å²) < 4.78 is 26.2. The van der Waals surface area contributed by atoms with Crippen molar-refractivity contribution in [2.75, 3.05) is 17.1 Å². The van der Waals surface area contributed by atoms with Gasteiger partial charge >= 0.3 is 0 Å². The van der Waals surface area contributed by atoms with Crippen molar-refractivity contribution < 1.29 is 8.42 Å². The van der Waals surface area contributed by atoms with Crippen molar-refractivity contribution in [2.24, 2.45) is 0 Å². The molecule has 0 amide bonds. The van der Waals surface area contributed by atoms with E-state index in [-0.39, 0.29) is 10.6 Å². The molecule has 0 bridgehead atoms. The van der Waals surface area contributed by atoms with Gasteiger partial charge in [0.1, 0.15) is 4.90 Å². The summed E-state index contributed by atoms with van der Waals surface area (Å²) in [7, 11) is -2.24. The molecule has 2 rings (SSSR count). The lowest BCUT2D eigenvalue weighted by atomic mass is 10.3. The number of hydrogen-bond donors (Lipinski definition) is 1. The second kappa shape index (κ2) is 5.11. The maximum atomic E-state index is 12.5. The largest absolute Gasteiger partial charge is 0.398 e. The number of para-hydroxylation sites is 1. The molecule has 0 heterocycles. The van der Waals surface area contributed by atoms with E-state index in [0.717, 1.165) is 0 Å². The minimum atomic E-state index is -3.72. The minimum Gasteiger partial charge on any atom is -0.398 e. The van der Waals surface area contributed by atoms with Gasteiger partial charge in [-0.2, -0.15) is 0 Å². The smallest absolute Gasteiger partial charge is 0.266 e. The fourth-order valence-electron chi connectivity index (χ4n) is 1.66. The number of halogens is 1. The summed E-state index contributed by atoms with van der Waals surface area (Å²) in [6.45, 7) is 0. The zero-order chi connectivity index (χ0) is 14.0. The molecule has 4 nitrogen and oxygen atoms in total. The molecule has 0 saturated carbocycles. The van der Waals surface area contributed by atoms with Crippen LogP contribution in [0.4, 0.5) is 11.4 Å². The fourth-order valence-corrected chi connectivity index (χ4v) is 3.23. The highest BCUT2D eigenvalue weighted by molar-refractivity contribution is 7.93. The third-order valence-electron chi connectivity index (χ3n) is 2.73. The average molecular weight is 297 g/mol. The lowest BCUT2D eigenvalue weighted by molar-refractivity contribution is 0.595. The van der Waals surface area contributed by atoms with Gasteiger partial charge in [0.25, 0.3) is 10.0 Å². The monoisotopic (exact) mass is 296 g/mol. The highest BCUT2D eigenvalue weighted by Crippen LogP contribution is 2.27. The van der Waals surface area contributed by atoms with Crippen LogP contribution in [-0.4, -0.2) is 15.5 Å². The maximum Gasteiger partial charge on any atom is 0.266 e. The summed E-state index contributed by atoms with van der Waals surface area (Å²) in [5, 5.41) is 0.328. The summed E-state index contributed by atoms with van der Waals surface area (Å²) >= 11 is 5.84. The molecular weight excluding hydrogens is 284 g/mol. The molecule has 2 N–H and O–H groups in total. The minimum absolute atomic E-state index is 0.00588. The number of benzene rings is 2. The molecule has 2 aromatic carbocycles. The Bertz CT molecular complexity index is 687. The summed E-state index contributed by atoms with van der Waals surface area (Å²) in [5.41, 5.74) is 6.46. The number of rotatable bonds is 3. The van der Waals surface area contributed by atoms with Crippen molar-refractivity contribution in [3.63, 3.8) is 0 Å². The third-order valence-corrected chi connectivity index (χ3v) is 4.81. The molecule has 6 heteroatoms. The van der Waals surface area contributed by atoms with E-state index in [9.17, 15) is 8.42 Å². The van der Waals surface area contributed by atoms with Gasteiger partial charge in [-0.25, -0.2) is 8.42 Å². The van der Waals surface area contributed by atoms with Crippen LogP contribution in [-0.2, 0) is 10.0 Å². The van der Waals surface area contributed by atoms with Crippen LogP contribution >= 0.6 is 11.6 Å². The highest BCUT2D eigenvalue weighted by Gasteiger charge is 2.23. The molecule has 2 aromatic rings. The summed E-state index contributed by atoms with van der Waals surface area (Å²) in [4.78, 5) is 0.00588. The molecule has 0 aliphatic carbocycles. The molecule has 0 fully saturated rings. The van der Waals surface area contributed by atoms with E-state index in [1.54, 1.807) is 30.3 Å². The van der Waals surface area contributed by atoms with E-state index in [1.807, 2.05) is 6.07 Å². The van der Waals surface area contributed by atoms with Gasteiger partial charge < -0.3 is 5.73 Å². The van der Waals surface area contributed by atoms with Gasteiger partial charge in [0.05, 0.1) is 11.4 Å². The van der Waals surface area contributed by atoms with E-state index in [1.165, 1.54) is 23.5 Å². The zero-order valence-electron chi connectivity index (χ0n) is 10.2. The van der Waals surface area contributed by atoms with E-state index < -0.39 is 10.0 Å². The zero-order valence-corrected chi connectivity index (χ0v) is 11.8. The molecule has 0 aliphatic rings. The lowest BCUT2D eigenvalue weighted by Gasteiger charge is -2.20. The normalized spacial score (nSPS) is 11.3. The molecule has 0 saturated heterocycles. The molecule has 0 spiro atoms. The first kappa shape index (κ1) is 13.7. The van der Waals surface area contributed by atoms with Crippen molar-refractivity contribution >= 4 is 33.0 Å². The van der Waals surface area contributed by atoms with E-state index in [2.05, 4.69) is 0 Å². The molecule has 0 unspecified atom stereocenters. The van der Waals surface area contributed by atoms with Crippen molar-refractivity contribution in [3.05, 3.63) is 53.6 Å². The van der Waals surface area contributed by atoms with Crippen LogP contribution in [0.3, 0.4) is 0 Å². The number of hydrogen-bond acceptors (Lipinski definition) is 3. The molecule has 0 radical (unpaired) electrons. The van der Waals surface area contributed by atoms with Gasteiger partial charge in [-0.1, -0.05) is 29.8 Å². The van der Waals surface area contributed by atoms with E-state index >= 15 is 0 Å². The Morgan fingerprint density at radius 1 is 1.11 bits per heavy atom. The second-order valence-electron chi connectivity index (χ2n) is 3.99. The Morgan fingerprint density at radius 2 is 1.74 bits per heavy atom. The van der Waals surface area contributed by atoms with E-state index in [4.69, 9.17) is 17.3 Å². The molecule has 0 atom stereocenters. The quantitative estimate of drug-likeness (QED) is 0.886. The van der Waals surface area contributed by atoms with Crippen molar-refractivity contribution in [1.29, 1.82) is 0 Å². The van der Waals surface area contributed by atoms with Crippen LogP contribution in [0.15, 0.2) is 53.4 Å². The Labute approximate surface area is 117 Å². The topological polar surface area (TPSA) is 63.4 Å². The van der Waals surface area contributed by atoms with Crippen LogP contribution in [0.5, 0.6) is 0 Å². The summed E-state index contributed by atoms with van der Waals surface area (Å²) in [5.74, 6) is 0. The van der Waals surface area contributed by atoms with Crippen molar-refractivity contribution in [3.8, 4) is 0 Å². The van der Waals surface area contributed by atoms with Gasteiger partial charge in [0.15, 0.2) is 0 Å². The average Bonchev–Trinajstić information content (AvgIpc) is 2.41. The van der Waals surface area contributed by atoms with Gasteiger partial charge in [0, 0.05) is 12.1 Å². The lowest BCUT2D eigenvalue weighted by Crippen LogP contribution is -2.27. The predicted molar refractivity (Wildman–Crippen MR) is 77.9 cm³/mol. The van der Waals surface area contributed by atoms with Crippen LogP contribution < -0.4 is 10.0 Å². The molecular formula is C13H13ClN2O2S. The number of nitrogens with zero attached hydrogens (tertiary/aromatic N) is 1. The van der Waals surface area contributed by atoms with Gasteiger partial charge in [-0.3, -0.25) is 4.31 Å². The molecule has 0 aromatic heterocycles. The van der Waals surface area contributed by atoms with Crippen LogP contribution in [0.1, 0.15) is 0 Å². The molecule has 0 aliphatic heterocycles. The number of nitrogens with two attached hydrogens (primary N) is 1. The number of anilines is 2. The number of sulfonamides is 1. The first-order chi connectivity index (χ1) is 8.93. The fraction of sp³-hybridized carbons (Fsp3) is 0.0769. The van der Waals surface area contributed by atoms with Crippen LogP contribution in [0.25, 0.3) is 0 Å². The van der Waals surface area contributed by atoms with Crippen LogP contribution in [0, 0.1) is 0 Å². The Hall–Kier alpha value is -1.72. The van der Waals surface area contributed by atoms with Crippen molar-refractivity contribution in [2.45, 2.75) is 4.90 Å². The predicted octanol–water partition coefficient (Wildman–Crippen LogP) is 2.75. The van der Waals surface area contributed by atoms with Crippen LogP contribution in [0.2, 0.25) is 5.02 Å². The standard InChI is InChI=1S/C13H13ClN2O2S/c1-16(11-5-3-2-4-6-11)19(17,18)13-9-10(14)7-8-12(13)15/h2-9H,15H2,1H3. The van der Waals surface area contributed by atoms with Gasteiger partial charge in [-0.05, 0) is 30.3 Å². The molecule has 100 valence electrons. The van der Waals surface area contributed by atoms with Crippen molar-refractivity contribution in [1.82, 2.24) is 0 Å².